The lowest BCUT2D eigenvalue weighted by Crippen LogP contribution is -2.41. The van der Waals surface area contributed by atoms with Crippen LogP contribution in [-0.4, -0.2) is 36.1 Å². The molecule has 3 N–H and O–H groups in total. The number of carbonyl (C=O) groups excluding carboxylic acids is 1. The molecule has 1 amide bonds. The molecule has 1 saturated carbocycles. The van der Waals surface area contributed by atoms with Crippen molar-refractivity contribution >= 4 is 11.9 Å². The van der Waals surface area contributed by atoms with Crippen LogP contribution in [0, 0.1) is 11.8 Å². The van der Waals surface area contributed by atoms with Crippen molar-refractivity contribution in [3.05, 3.63) is 0 Å². The second-order valence-electron chi connectivity index (χ2n) is 5.45. The van der Waals surface area contributed by atoms with Gasteiger partial charge in [-0.25, -0.2) is 0 Å². The predicted octanol–water partition coefficient (Wildman–Crippen LogP) is 0.746. The number of piperidine rings is 1. The molecule has 1 aliphatic carbocycles. The highest BCUT2D eigenvalue weighted by Gasteiger charge is 2.34. The lowest BCUT2D eigenvalue weighted by Gasteiger charge is -2.23. The van der Waals surface area contributed by atoms with Gasteiger partial charge in [0, 0.05) is 12.5 Å². The average molecular weight is 254 g/mol. The number of aliphatic carboxylic acids is 1. The highest BCUT2D eigenvalue weighted by atomic mass is 16.4. The van der Waals surface area contributed by atoms with Crippen LogP contribution in [0.3, 0.4) is 0 Å². The fraction of sp³-hybridized carbons (Fsp3) is 0.846. The molecule has 5 heteroatoms. The second-order valence-corrected chi connectivity index (χ2v) is 5.45. The Hall–Kier alpha value is -1.10. The molecule has 2 fully saturated rings. The Morgan fingerprint density at radius 1 is 1.17 bits per heavy atom. The van der Waals surface area contributed by atoms with Crippen LogP contribution < -0.4 is 10.6 Å². The molecule has 18 heavy (non-hydrogen) atoms. The van der Waals surface area contributed by atoms with Crippen molar-refractivity contribution in [3.8, 4) is 0 Å². The van der Waals surface area contributed by atoms with E-state index in [1.807, 2.05) is 0 Å². The third-order valence-electron chi connectivity index (χ3n) is 4.11. The maximum atomic E-state index is 11.9. The van der Waals surface area contributed by atoms with E-state index in [9.17, 15) is 9.59 Å². The van der Waals surface area contributed by atoms with Crippen LogP contribution in [0.1, 0.15) is 38.5 Å². The number of hydrogen-bond donors (Lipinski definition) is 3. The number of carboxylic acids is 1. The Bertz CT molecular complexity index is 313. The van der Waals surface area contributed by atoms with E-state index in [0.717, 1.165) is 38.8 Å². The van der Waals surface area contributed by atoms with Crippen molar-refractivity contribution in [1.29, 1.82) is 0 Å². The first-order valence-corrected chi connectivity index (χ1v) is 6.89. The van der Waals surface area contributed by atoms with Gasteiger partial charge in [0.05, 0.1) is 5.92 Å². The smallest absolute Gasteiger partial charge is 0.308 e. The van der Waals surface area contributed by atoms with Crippen molar-refractivity contribution in [1.82, 2.24) is 10.6 Å². The molecule has 2 unspecified atom stereocenters. The number of rotatable bonds is 4. The lowest BCUT2D eigenvalue weighted by molar-refractivity contribution is -0.142. The first-order valence-electron chi connectivity index (χ1n) is 6.89. The van der Waals surface area contributed by atoms with Gasteiger partial charge in [-0.2, -0.15) is 0 Å². The summed E-state index contributed by atoms with van der Waals surface area (Å²) < 4.78 is 0. The number of carboxylic acid groups (broad SMARTS) is 1. The first-order chi connectivity index (χ1) is 8.66. The van der Waals surface area contributed by atoms with E-state index in [4.69, 9.17) is 5.11 Å². The van der Waals surface area contributed by atoms with Crippen LogP contribution in [0.15, 0.2) is 0 Å². The van der Waals surface area contributed by atoms with Crippen LogP contribution in [-0.2, 0) is 9.59 Å². The van der Waals surface area contributed by atoms with E-state index < -0.39 is 5.97 Å². The van der Waals surface area contributed by atoms with Crippen molar-refractivity contribution < 1.29 is 14.7 Å². The van der Waals surface area contributed by atoms with E-state index in [1.165, 1.54) is 0 Å². The largest absolute Gasteiger partial charge is 0.481 e. The minimum atomic E-state index is -0.778. The number of hydrogen-bond acceptors (Lipinski definition) is 3. The van der Waals surface area contributed by atoms with Crippen LogP contribution >= 0.6 is 0 Å². The molecule has 1 heterocycles. The summed E-state index contributed by atoms with van der Waals surface area (Å²) in [7, 11) is 0. The first kappa shape index (κ1) is 13.3. The Morgan fingerprint density at radius 3 is 2.56 bits per heavy atom. The molecule has 2 aliphatic rings. The van der Waals surface area contributed by atoms with Gasteiger partial charge in [0.1, 0.15) is 0 Å². The molecule has 0 bridgehead atoms. The van der Waals surface area contributed by atoms with Crippen LogP contribution in [0.5, 0.6) is 0 Å². The Labute approximate surface area is 107 Å². The molecule has 0 spiro atoms. The normalized spacial score (nSPS) is 29.1. The van der Waals surface area contributed by atoms with Gasteiger partial charge in [0.25, 0.3) is 0 Å². The van der Waals surface area contributed by atoms with Gasteiger partial charge in [-0.1, -0.05) is 6.42 Å². The summed E-state index contributed by atoms with van der Waals surface area (Å²) in [5.74, 6) is -0.683. The minimum Gasteiger partial charge on any atom is -0.481 e. The molecular formula is C13H22N2O3. The number of nitrogens with one attached hydrogen (secondary N) is 2. The van der Waals surface area contributed by atoms with Gasteiger partial charge in [0.2, 0.25) is 5.91 Å². The summed E-state index contributed by atoms with van der Waals surface area (Å²) in [4.78, 5) is 22.9. The SMILES string of the molecule is O=C(CC1CCNCC1)NC1CCCC1C(=O)O. The fourth-order valence-corrected chi connectivity index (χ4v) is 3.04. The molecule has 0 radical (unpaired) electrons. The van der Waals surface area contributed by atoms with Crippen molar-refractivity contribution in [3.63, 3.8) is 0 Å². The molecule has 0 aromatic carbocycles. The molecule has 2 atom stereocenters. The molecule has 102 valence electrons. The van der Waals surface area contributed by atoms with Gasteiger partial charge in [0.15, 0.2) is 0 Å². The molecule has 5 nitrogen and oxygen atoms in total. The summed E-state index contributed by atoms with van der Waals surface area (Å²) in [6, 6.07) is -0.156. The van der Waals surface area contributed by atoms with Crippen LogP contribution in [0.2, 0.25) is 0 Å². The quantitative estimate of drug-likeness (QED) is 0.691. The Morgan fingerprint density at radius 2 is 1.89 bits per heavy atom. The van der Waals surface area contributed by atoms with E-state index in [2.05, 4.69) is 10.6 Å². The summed E-state index contributed by atoms with van der Waals surface area (Å²) in [5, 5.41) is 15.2. The zero-order valence-electron chi connectivity index (χ0n) is 10.7. The van der Waals surface area contributed by atoms with Gasteiger partial charge >= 0.3 is 5.97 Å². The van der Waals surface area contributed by atoms with E-state index >= 15 is 0 Å². The number of amides is 1. The standard InChI is InChI=1S/C13H22N2O3/c16-12(8-9-4-6-14-7-5-9)15-11-3-1-2-10(11)13(17)18/h9-11,14H,1-8H2,(H,15,16)(H,17,18). The second kappa shape index (κ2) is 6.18. The van der Waals surface area contributed by atoms with E-state index in [1.54, 1.807) is 0 Å². The molecular weight excluding hydrogens is 232 g/mol. The van der Waals surface area contributed by atoms with Gasteiger partial charge < -0.3 is 15.7 Å². The molecule has 0 aromatic heterocycles. The van der Waals surface area contributed by atoms with Gasteiger partial charge in [-0.05, 0) is 44.7 Å². The molecule has 0 aromatic rings. The third kappa shape index (κ3) is 3.45. The summed E-state index contributed by atoms with van der Waals surface area (Å²) >= 11 is 0. The van der Waals surface area contributed by atoms with Gasteiger partial charge in [-0.15, -0.1) is 0 Å². The molecule has 1 aliphatic heterocycles. The van der Waals surface area contributed by atoms with Gasteiger partial charge in [-0.3, -0.25) is 9.59 Å². The van der Waals surface area contributed by atoms with Crippen molar-refractivity contribution in [2.45, 2.75) is 44.6 Å². The Balaban J connectivity index is 1.77. The lowest BCUT2D eigenvalue weighted by atomic mass is 9.94. The zero-order chi connectivity index (χ0) is 13.0. The maximum Gasteiger partial charge on any atom is 0.308 e. The van der Waals surface area contributed by atoms with Crippen LogP contribution in [0.4, 0.5) is 0 Å². The predicted molar refractivity (Wildman–Crippen MR) is 67.1 cm³/mol. The maximum absolute atomic E-state index is 11.9. The fourth-order valence-electron chi connectivity index (χ4n) is 3.04. The summed E-state index contributed by atoms with van der Waals surface area (Å²) in [5.41, 5.74) is 0. The van der Waals surface area contributed by atoms with Crippen molar-refractivity contribution in [2.24, 2.45) is 11.8 Å². The Kier molecular flexibility index (Phi) is 4.58. The summed E-state index contributed by atoms with van der Waals surface area (Å²) in [6.45, 7) is 1.97. The van der Waals surface area contributed by atoms with Crippen LogP contribution in [0.25, 0.3) is 0 Å². The molecule has 2 rings (SSSR count). The number of carbonyl (C=O) groups is 2. The average Bonchev–Trinajstić information content (AvgIpc) is 2.78. The summed E-state index contributed by atoms with van der Waals surface area (Å²) in [6.07, 6.45) is 5.02. The monoisotopic (exact) mass is 254 g/mol. The minimum absolute atomic E-state index is 0.0278. The third-order valence-corrected chi connectivity index (χ3v) is 4.11. The highest BCUT2D eigenvalue weighted by molar-refractivity contribution is 5.78. The highest BCUT2D eigenvalue weighted by Crippen LogP contribution is 2.26. The molecule has 1 saturated heterocycles. The zero-order valence-corrected chi connectivity index (χ0v) is 10.7. The van der Waals surface area contributed by atoms with E-state index in [-0.39, 0.29) is 17.9 Å². The van der Waals surface area contributed by atoms with Crippen molar-refractivity contribution in [2.75, 3.05) is 13.1 Å². The topological polar surface area (TPSA) is 78.4 Å². The van der Waals surface area contributed by atoms with E-state index in [0.29, 0.717) is 18.8 Å².